The lowest BCUT2D eigenvalue weighted by Gasteiger charge is -2.31. The molecule has 2 amide bonds. The minimum atomic E-state index is -0.546. The predicted molar refractivity (Wildman–Crippen MR) is 136 cm³/mol. The van der Waals surface area contributed by atoms with Gasteiger partial charge in [0.05, 0.1) is 33.4 Å². The minimum absolute atomic E-state index is 0.119. The topological polar surface area (TPSA) is 85.1 Å². The standard InChI is InChI=1S/C28H33N3O4/c1-21(24-12-8-5-9-13-24)31(19-27(29)32)28(33)20-30(17-22-10-6-4-7-11-22)18-23-14-15-25(34-2)26(16-23)35-3/h4-16,21H,17-20H2,1-3H3,(H2,29,32)/t21-/m1/s1. The Kier molecular flexibility index (Phi) is 9.26. The highest BCUT2D eigenvalue weighted by Gasteiger charge is 2.25. The summed E-state index contributed by atoms with van der Waals surface area (Å²) in [6.45, 7) is 2.94. The van der Waals surface area contributed by atoms with Crippen molar-refractivity contribution in [3.63, 3.8) is 0 Å². The molecule has 0 saturated carbocycles. The Morgan fingerprint density at radius 3 is 2.00 bits per heavy atom. The van der Waals surface area contributed by atoms with Crippen LogP contribution in [-0.4, -0.2) is 48.9 Å². The number of nitrogens with two attached hydrogens (primary N) is 1. The summed E-state index contributed by atoms with van der Waals surface area (Å²) >= 11 is 0. The first kappa shape index (κ1) is 25.8. The number of rotatable bonds is 12. The number of carbonyl (C=O) groups excluding carboxylic acids is 2. The molecule has 0 heterocycles. The molecule has 7 nitrogen and oxygen atoms in total. The van der Waals surface area contributed by atoms with E-state index >= 15 is 0 Å². The summed E-state index contributed by atoms with van der Waals surface area (Å²) < 4.78 is 10.8. The van der Waals surface area contributed by atoms with Gasteiger partial charge >= 0.3 is 0 Å². The number of nitrogens with zero attached hydrogens (tertiary/aromatic N) is 2. The van der Waals surface area contributed by atoms with E-state index in [2.05, 4.69) is 0 Å². The van der Waals surface area contributed by atoms with Crippen molar-refractivity contribution in [2.24, 2.45) is 5.73 Å². The van der Waals surface area contributed by atoms with Crippen molar-refractivity contribution in [1.82, 2.24) is 9.80 Å². The average Bonchev–Trinajstić information content (AvgIpc) is 2.87. The maximum Gasteiger partial charge on any atom is 0.237 e. The molecule has 0 aliphatic rings. The zero-order valence-electron chi connectivity index (χ0n) is 20.5. The van der Waals surface area contributed by atoms with Crippen molar-refractivity contribution < 1.29 is 19.1 Å². The molecule has 2 N–H and O–H groups in total. The number of primary amides is 1. The normalized spacial score (nSPS) is 11.7. The Hall–Kier alpha value is -3.84. The number of hydrogen-bond donors (Lipinski definition) is 1. The molecule has 184 valence electrons. The fourth-order valence-electron chi connectivity index (χ4n) is 4.05. The molecule has 3 aromatic rings. The van der Waals surface area contributed by atoms with Crippen LogP contribution in [0.4, 0.5) is 0 Å². The van der Waals surface area contributed by atoms with Gasteiger partial charge in [0.2, 0.25) is 11.8 Å². The Morgan fingerprint density at radius 1 is 0.800 bits per heavy atom. The number of amides is 2. The van der Waals surface area contributed by atoms with Crippen molar-refractivity contribution in [2.45, 2.75) is 26.1 Å². The third-order valence-electron chi connectivity index (χ3n) is 5.86. The van der Waals surface area contributed by atoms with Crippen LogP contribution >= 0.6 is 0 Å². The van der Waals surface area contributed by atoms with Gasteiger partial charge in [-0.05, 0) is 35.7 Å². The lowest BCUT2D eigenvalue weighted by Crippen LogP contribution is -2.45. The highest BCUT2D eigenvalue weighted by atomic mass is 16.5. The molecule has 7 heteroatoms. The van der Waals surface area contributed by atoms with E-state index in [0.29, 0.717) is 24.6 Å². The van der Waals surface area contributed by atoms with Crippen molar-refractivity contribution in [1.29, 1.82) is 0 Å². The Labute approximate surface area is 207 Å². The van der Waals surface area contributed by atoms with E-state index in [-0.39, 0.29) is 25.0 Å². The van der Waals surface area contributed by atoms with E-state index < -0.39 is 5.91 Å². The zero-order chi connectivity index (χ0) is 25.2. The van der Waals surface area contributed by atoms with E-state index in [1.54, 1.807) is 19.1 Å². The van der Waals surface area contributed by atoms with Gasteiger partial charge in [0.1, 0.15) is 0 Å². The van der Waals surface area contributed by atoms with Gasteiger partial charge in [-0.1, -0.05) is 66.7 Å². The summed E-state index contributed by atoms with van der Waals surface area (Å²) in [7, 11) is 3.19. The highest BCUT2D eigenvalue weighted by Crippen LogP contribution is 2.28. The number of methoxy groups -OCH3 is 2. The van der Waals surface area contributed by atoms with Crippen molar-refractivity contribution in [3.05, 3.63) is 95.6 Å². The highest BCUT2D eigenvalue weighted by molar-refractivity contribution is 5.85. The molecule has 0 radical (unpaired) electrons. The molecule has 0 aromatic heterocycles. The third kappa shape index (κ3) is 7.32. The van der Waals surface area contributed by atoms with E-state index in [1.165, 1.54) is 0 Å². The van der Waals surface area contributed by atoms with Crippen molar-refractivity contribution in [3.8, 4) is 11.5 Å². The van der Waals surface area contributed by atoms with Crippen LogP contribution < -0.4 is 15.2 Å². The number of hydrogen-bond acceptors (Lipinski definition) is 5. The predicted octanol–water partition coefficient (Wildman–Crippen LogP) is 3.78. The SMILES string of the molecule is COc1ccc(CN(CC(=O)N(CC(N)=O)[C@H](C)c2ccccc2)Cc2ccccc2)cc1OC. The van der Waals surface area contributed by atoms with Gasteiger partial charge in [-0.2, -0.15) is 0 Å². The summed E-state index contributed by atoms with van der Waals surface area (Å²) in [5, 5.41) is 0. The molecule has 0 bridgehead atoms. The van der Waals surface area contributed by atoms with Crippen LogP contribution in [0, 0.1) is 0 Å². The lowest BCUT2D eigenvalue weighted by atomic mass is 10.1. The van der Waals surface area contributed by atoms with Gasteiger partial charge in [0.15, 0.2) is 11.5 Å². The van der Waals surface area contributed by atoms with Gasteiger partial charge in [-0.3, -0.25) is 14.5 Å². The Morgan fingerprint density at radius 2 is 1.40 bits per heavy atom. The van der Waals surface area contributed by atoms with Gasteiger partial charge in [0, 0.05) is 13.1 Å². The summed E-state index contributed by atoms with van der Waals surface area (Å²) in [5.41, 5.74) is 8.51. The maximum absolute atomic E-state index is 13.5. The van der Waals surface area contributed by atoms with E-state index in [1.807, 2.05) is 90.7 Å². The van der Waals surface area contributed by atoms with Gasteiger partial charge in [0.25, 0.3) is 0 Å². The molecule has 0 spiro atoms. The van der Waals surface area contributed by atoms with Crippen molar-refractivity contribution >= 4 is 11.8 Å². The molecule has 0 fully saturated rings. The summed E-state index contributed by atoms with van der Waals surface area (Å²) in [4.78, 5) is 29.0. The van der Waals surface area contributed by atoms with Crippen LogP contribution in [0.3, 0.4) is 0 Å². The largest absolute Gasteiger partial charge is 0.493 e. The first-order chi connectivity index (χ1) is 16.9. The molecular formula is C28H33N3O4. The summed E-state index contributed by atoms with van der Waals surface area (Å²) in [5.74, 6) is 0.558. The molecule has 3 aromatic carbocycles. The second-order valence-corrected chi connectivity index (χ2v) is 8.39. The van der Waals surface area contributed by atoms with Gasteiger partial charge in [-0.15, -0.1) is 0 Å². The molecule has 1 atom stereocenters. The second kappa shape index (κ2) is 12.6. The number of ether oxygens (including phenoxy) is 2. The molecule has 0 unspecified atom stereocenters. The fraction of sp³-hybridized carbons (Fsp3) is 0.286. The lowest BCUT2D eigenvalue weighted by molar-refractivity contribution is -0.138. The van der Waals surface area contributed by atoms with Crippen LogP contribution in [0.5, 0.6) is 11.5 Å². The molecule has 35 heavy (non-hydrogen) atoms. The van der Waals surface area contributed by atoms with E-state index in [4.69, 9.17) is 15.2 Å². The first-order valence-electron chi connectivity index (χ1n) is 11.5. The number of benzene rings is 3. The van der Waals surface area contributed by atoms with E-state index in [0.717, 1.165) is 16.7 Å². The minimum Gasteiger partial charge on any atom is -0.493 e. The number of carbonyl (C=O) groups is 2. The summed E-state index contributed by atoms with van der Waals surface area (Å²) in [6.07, 6.45) is 0. The zero-order valence-corrected chi connectivity index (χ0v) is 20.5. The van der Waals surface area contributed by atoms with Crippen LogP contribution in [0.1, 0.15) is 29.7 Å². The van der Waals surface area contributed by atoms with Gasteiger partial charge in [-0.25, -0.2) is 0 Å². The maximum atomic E-state index is 13.5. The average molecular weight is 476 g/mol. The van der Waals surface area contributed by atoms with Crippen LogP contribution in [0.25, 0.3) is 0 Å². The van der Waals surface area contributed by atoms with Crippen LogP contribution in [-0.2, 0) is 22.7 Å². The molecule has 0 saturated heterocycles. The summed E-state index contributed by atoms with van der Waals surface area (Å²) in [6, 6.07) is 25.0. The third-order valence-corrected chi connectivity index (χ3v) is 5.86. The molecule has 3 rings (SSSR count). The molecule has 0 aliphatic heterocycles. The van der Waals surface area contributed by atoms with Gasteiger partial charge < -0.3 is 20.1 Å². The Bertz CT molecular complexity index is 1110. The smallest absolute Gasteiger partial charge is 0.237 e. The quantitative estimate of drug-likeness (QED) is 0.431. The monoisotopic (exact) mass is 475 g/mol. The molecule has 0 aliphatic carbocycles. The van der Waals surface area contributed by atoms with Crippen LogP contribution in [0.2, 0.25) is 0 Å². The Balaban J connectivity index is 1.85. The van der Waals surface area contributed by atoms with E-state index in [9.17, 15) is 9.59 Å². The fourth-order valence-corrected chi connectivity index (χ4v) is 4.05. The second-order valence-electron chi connectivity index (χ2n) is 8.39. The van der Waals surface area contributed by atoms with Crippen molar-refractivity contribution in [2.75, 3.05) is 27.3 Å². The molecular weight excluding hydrogens is 442 g/mol. The van der Waals surface area contributed by atoms with Crippen LogP contribution in [0.15, 0.2) is 78.9 Å². The first-order valence-corrected chi connectivity index (χ1v) is 11.5.